The van der Waals surface area contributed by atoms with Gasteiger partial charge in [-0.05, 0) is 37.9 Å². The minimum Gasteiger partial charge on any atom is -0.310 e. The lowest BCUT2D eigenvalue weighted by Crippen LogP contribution is -2.20. The Morgan fingerprint density at radius 1 is 1.53 bits per heavy atom. The first-order valence-corrected chi connectivity index (χ1v) is 7.71. The van der Waals surface area contributed by atoms with Crippen LogP contribution in [0, 0.1) is 0 Å². The van der Waals surface area contributed by atoms with Gasteiger partial charge in [-0.15, -0.1) is 0 Å². The molecule has 0 aliphatic rings. The lowest BCUT2D eigenvalue weighted by Gasteiger charge is -2.05. The molecule has 1 heterocycles. The van der Waals surface area contributed by atoms with Crippen LogP contribution in [0.25, 0.3) is 0 Å². The molecule has 1 atom stereocenters. The molecule has 1 N–H and O–H groups in total. The second kappa shape index (κ2) is 6.73. The topological polar surface area (TPSA) is 42.0 Å². The van der Waals surface area contributed by atoms with Gasteiger partial charge in [0.25, 0.3) is 0 Å². The maximum Gasteiger partial charge on any atom is 0.0684 e. The van der Waals surface area contributed by atoms with Gasteiger partial charge in [-0.2, -0.15) is 0 Å². The predicted octanol–water partition coefficient (Wildman–Crippen LogP) is 2.07. The van der Waals surface area contributed by atoms with E-state index in [1.54, 1.807) is 12.5 Å². The van der Waals surface area contributed by atoms with Crippen LogP contribution in [0.15, 0.2) is 21.2 Å². The molecule has 0 saturated carbocycles. The van der Waals surface area contributed by atoms with Crippen LogP contribution in [0.2, 0.25) is 0 Å². The number of rotatable bonds is 5. The fraction of sp³-hybridized carbons (Fsp3) is 0.444. The van der Waals surface area contributed by atoms with Crippen molar-refractivity contribution in [1.29, 1.82) is 0 Å². The normalized spacial score (nSPS) is 12.7. The third-order valence-electron chi connectivity index (χ3n) is 1.74. The largest absolute Gasteiger partial charge is 0.310 e. The van der Waals surface area contributed by atoms with Gasteiger partial charge in [-0.3, -0.25) is 9.19 Å². The zero-order valence-electron chi connectivity index (χ0n) is 8.30. The summed E-state index contributed by atoms with van der Waals surface area (Å²) in [7, 11) is -0.735. The van der Waals surface area contributed by atoms with E-state index in [-0.39, 0.29) is 0 Å². The highest BCUT2D eigenvalue weighted by molar-refractivity contribution is 9.11. The Hall–Kier alpha value is 0.220. The van der Waals surface area contributed by atoms with Crippen molar-refractivity contribution >= 4 is 42.7 Å². The zero-order chi connectivity index (χ0) is 11.3. The molecule has 1 unspecified atom stereocenters. The van der Waals surface area contributed by atoms with Crippen LogP contribution in [-0.2, 0) is 17.3 Å². The van der Waals surface area contributed by atoms with Gasteiger partial charge >= 0.3 is 0 Å². The van der Waals surface area contributed by atoms with Crippen molar-refractivity contribution in [3.63, 3.8) is 0 Å². The molecule has 84 valence electrons. The summed E-state index contributed by atoms with van der Waals surface area (Å²) in [4.78, 5) is 4.26. The maximum absolute atomic E-state index is 10.8. The average molecular weight is 356 g/mol. The van der Waals surface area contributed by atoms with E-state index < -0.39 is 10.8 Å². The number of aromatic nitrogens is 1. The Morgan fingerprint density at radius 2 is 2.27 bits per heavy atom. The van der Waals surface area contributed by atoms with Crippen LogP contribution in [0.4, 0.5) is 0 Å². The van der Waals surface area contributed by atoms with Crippen molar-refractivity contribution in [2.75, 3.05) is 18.6 Å². The lowest BCUT2D eigenvalue weighted by molar-refractivity contribution is 0.673. The van der Waals surface area contributed by atoms with Crippen LogP contribution < -0.4 is 5.32 Å². The summed E-state index contributed by atoms with van der Waals surface area (Å²) in [6, 6.07) is 1.96. The molecule has 0 aliphatic carbocycles. The molecule has 0 bridgehead atoms. The molecule has 3 nitrogen and oxygen atoms in total. The van der Waals surface area contributed by atoms with Gasteiger partial charge in [0, 0.05) is 51.0 Å². The van der Waals surface area contributed by atoms with E-state index in [0.29, 0.717) is 12.3 Å². The van der Waals surface area contributed by atoms with Crippen molar-refractivity contribution in [3.05, 3.63) is 26.9 Å². The van der Waals surface area contributed by atoms with E-state index in [2.05, 4.69) is 42.2 Å². The fourth-order valence-electron chi connectivity index (χ4n) is 0.996. The molecule has 0 saturated heterocycles. The second-order valence-corrected chi connectivity index (χ2v) is 6.36. The van der Waals surface area contributed by atoms with Crippen molar-refractivity contribution in [2.24, 2.45) is 0 Å². The minimum absolute atomic E-state index is 0.675. The summed E-state index contributed by atoms with van der Waals surface area (Å²) in [5.41, 5.74) is 0.958. The Morgan fingerprint density at radius 3 is 2.87 bits per heavy atom. The first-order valence-electron chi connectivity index (χ1n) is 4.40. The number of nitrogens with zero attached hydrogens (tertiary/aromatic N) is 1. The molecule has 0 spiro atoms. The Labute approximate surface area is 109 Å². The van der Waals surface area contributed by atoms with Crippen LogP contribution in [0.3, 0.4) is 0 Å². The third-order valence-corrected chi connectivity index (χ3v) is 3.64. The van der Waals surface area contributed by atoms with Gasteiger partial charge in [0.2, 0.25) is 0 Å². The molecular weight excluding hydrogens is 344 g/mol. The predicted molar refractivity (Wildman–Crippen MR) is 70.3 cm³/mol. The molecule has 0 radical (unpaired) electrons. The smallest absolute Gasteiger partial charge is 0.0684 e. The number of pyridine rings is 1. The minimum atomic E-state index is -0.735. The lowest BCUT2D eigenvalue weighted by atomic mass is 10.3. The van der Waals surface area contributed by atoms with Crippen molar-refractivity contribution < 1.29 is 4.21 Å². The van der Waals surface area contributed by atoms with Crippen LogP contribution >= 0.6 is 31.9 Å². The summed E-state index contributed by atoms with van der Waals surface area (Å²) in [6.07, 6.45) is 3.47. The first kappa shape index (κ1) is 13.3. The van der Waals surface area contributed by atoms with Crippen LogP contribution in [-0.4, -0.2) is 27.7 Å². The van der Waals surface area contributed by atoms with Gasteiger partial charge in [0.15, 0.2) is 0 Å². The van der Waals surface area contributed by atoms with E-state index in [0.717, 1.165) is 21.2 Å². The molecule has 0 aliphatic heterocycles. The highest BCUT2D eigenvalue weighted by Crippen LogP contribution is 2.19. The van der Waals surface area contributed by atoms with Crippen LogP contribution in [0.5, 0.6) is 0 Å². The second-order valence-electron chi connectivity index (χ2n) is 3.04. The molecule has 15 heavy (non-hydrogen) atoms. The van der Waals surface area contributed by atoms with E-state index in [4.69, 9.17) is 0 Å². The average Bonchev–Trinajstić information content (AvgIpc) is 2.14. The van der Waals surface area contributed by atoms with Gasteiger partial charge in [0.1, 0.15) is 0 Å². The molecule has 1 rings (SSSR count). The van der Waals surface area contributed by atoms with Crippen LogP contribution in [0.1, 0.15) is 5.69 Å². The Balaban J connectivity index is 2.40. The SMILES string of the molecule is CS(=O)CCNCc1ncc(Br)cc1Br. The summed E-state index contributed by atoms with van der Waals surface area (Å²) in [5, 5.41) is 3.19. The van der Waals surface area contributed by atoms with E-state index >= 15 is 0 Å². The summed E-state index contributed by atoms with van der Waals surface area (Å²) in [6.45, 7) is 1.43. The summed E-state index contributed by atoms with van der Waals surface area (Å²) >= 11 is 6.78. The van der Waals surface area contributed by atoms with Crippen molar-refractivity contribution in [2.45, 2.75) is 6.54 Å². The van der Waals surface area contributed by atoms with Gasteiger partial charge in [-0.1, -0.05) is 0 Å². The van der Waals surface area contributed by atoms with E-state index in [1.165, 1.54) is 0 Å². The standard InChI is InChI=1S/C9H12Br2N2OS/c1-15(14)3-2-12-6-9-8(11)4-7(10)5-13-9/h4-5,12H,2-3,6H2,1H3. The third kappa shape index (κ3) is 5.19. The highest BCUT2D eigenvalue weighted by atomic mass is 79.9. The van der Waals surface area contributed by atoms with Crippen molar-refractivity contribution in [1.82, 2.24) is 10.3 Å². The number of hydrogen-bond acceptors (Lipinski definition) is 3. The molecule has 1 aromatic rings. The summed E-state index contributed by atoms with van der Waals surface area (Å²) < 4.78 is 12.7. The quantitative estimate of drug-likeness (QED) is 0.822. The molecule has 0 aromatic carbocycles. The Bertz CT molecular complexity index is 360. The van der Waals surface area contributed by atoms with Gasteiger partial charge in [0.05, 0.1) is 5.69 Å². The molecule has 6 heteroatoms. The maximum atomic E-state index is 10.8. The van der Waals surface area contributed by atoms with E-state index in [1.807, 2.05) is 6.07 Å². The zero-order valence-corrected chi connectivity index (χ0v) is 12.3. The first-order chi connectivity index (χ1) is 7.09. The Kier molecular flexibility index (Phi) is 5.96. The summed E-state index contributed by atoms with van der Waals surface area (Å²) in [5.74, 6) is 0.675. The van der Waals surface area contributed by atoms with Crippen molar-refractivity contribution in [3.8, 4) is 0 Å². The van der Waals surface area contributed by atoms with Gasteiger partial charge < -0.3 is 5.32 Å². The highest BCUT2D eigenvalue weighted by Gasteiger charge is 2.01. The van der Waals surface area contributed by atoms with E-state index in [9.17, 15) is 4.21 Å². The fourth-order valence-corrected chi connectivity index (χ4v) is 2.56. The molecular formula is C9H12Br2N2OS. The molecule has 0 fully saturated rings. The monoisotopic (exact) mass is 354 g/mol. The van der Waals surface area contributed by atoms with Gasteiger partial charge in [-0.25, -0.2) is 0 Å². The molecule has 0 amide bonds. The number of halogens is 2. The number of hydrogen-bond donors (Lipinski definition) is 1. The molecule has 1 aromatic heterocycles. The number of nitrogens with one attached hydrogen (secondary N) is 1.